The van der Waals surface area contributed by atoms with Gasteiger partial charge in [-0.25, -0.2) is 8.42 Å². The average molecular weight is 491 g/mol. The monoisotopic (exact) mass is 490 g/mol. The lowest BCUT2D eigenvalue weighted by Gasteiger charge is -2.33. The number of sulfone groups is 1. The van der Waals surface area contributed by atoms with Crippen LogP contribution in [-0.4, -0.2) is 32.3 Å². The highest BCUT2D eigenvalue weighted by atomic mass is 32.2. The quantitative estimate of drug-likeness (QED) is 0.454. The maximum atomic E-state index is 12.8. The Labute approximate surface area is 209 Å². The van der Waals surface area contributed by atoms with Gasteiger partial charge in [0.2, 0.25) is 15.7 Å². The van der Waals surface area contributed by atoms with Gasteiger partial charge in [0.15, 0.2) is 0 Å². The van der Waals surface area contributed by atoms with E-state index in [4.69, 9.17) is 0 Å². The van der Waals surface area contributed by atoms with Crippen molar-refractivity contribution in [2.45, 2.75) is 55.9 Å². The van der Waals surface area contributed by atoms with E-state index in [-0.39, 0.29) is 11.8 Å². The molecule has 0 atom stereocenters. The number of hydrogen-bond donors (Lipinski definition) is 1. The van der Waals surface area contributed by atoms with Gasteiger partial charge in [-0.3, -0.25) is 9.69 Å². The Morgan fingerprint density at radius 3 is 2.20 bits per heavy atom. The highest BCUT2D eigenvalue weighted by Crippen LogP contribution is 2.32. The molecule has 184 valence electrons. The van der Waals surface area contributed by atoms with E-state index in [1.165, 1.54) is 11.1 Å². The molecule has 0 saturated carbocycles. The Kier molecular flexibility index (Phi) is 7.72. The summed E-state index contributed by atoms with van der Waals surface area (Å²) in [6.45, 7) is 8.71. The van der Waals surface area contributed by atoms with Crippen LogP contribution in [0.2, 0.25) is 0 Å². The summed E-state index contributed by atoms with van der Waals surface area (Å²) in [5.41, 5.74) is 4.57. The molecule has 1 aliphatic rings. The standard InChI is InChI=1S/C29H34N2O3S/c1-21(2)29(32)30-25-12-9-22(3)28(19-25)24-15-17-31(18-16-24)20-23-10-13-27(14-11-23)35(33,34)26-7-5-4-6-8-26/h4-14,19,21,24H,15-18,20H2,1-3H3,(H,30,32). The second kappa shape index (κ2) is 10.8. The van der Waals surface area contributed by atoms with Crippen LogP contribution >= 0.6 is 0 Å². The summed E-state index contributed by atoms with van der Waals surface area (Å²) in [7, 11) is -3.49. The third kappa shape index (κ3) is 6.00. The minimum absolute atomic E-state index is 0.0391. The molecule has 0 bridgehead atoms. The lowest BCUT2D eigenvalue weighted by molar-refractivity contribution is -0.118. The average Bonchev–Trinajstić information content (AvgIpc) is 2.86. The number of nitrogens with zero attached hydrogens (tertiary/aromatic N) is 1. The van der Waals surface area contributed by atoms with Crippen LogP contribution in [0.4, 0.5) is 5.69 Å². The van der Waals surface area contributed by atoms with Gasteiger partial charge in [0.1, 0.15) is 0 Å². The summed E-state index contributed by atoms with van der Waals surface area (Å²) in [5, 5.41) is 3.02. The minimum Gasteiger partial charge on any atom is -0.326 e. The summed E-state index contributed by atoms with van der Waals surface area (Å²) in [5.74, 6) is 0.466. The van der Waals surface area contributed by atoms with Gasteiger partial charge >= 0.3 is 0 Å². The van der Waals surface area contributed by atoms with E-state index in [0.29, 0.717) is 15.7 Å². The maximum absolute atomic E-state index is 12.8. The third-order valence-corrected chi connectivity index (χ3v) is 8.58. The molecule has 6 heteroatoms. The van der Waals surface area contributed by atoms with Crippen LogP contribution in [0.1, 0.15) is 49.3 Å². The van der Waals surface area contributed by atoms with E-state index in [2.05, 4.69) is 29.3 Å². The molecule has 3 aromatic rings. The van der Waals surface area contributed by atoms with Crippen molar-refractivity contribution in [3.63, 3.8) is 0 Å². The first-order valence-corrected chi connectivity index (χ1v) is 13.7. The van der Waals surface area contributed by atoms with Crippen LogP contribution in [0.25, 0.3) is 0 Å². The molecule has 1 heterocycles. The molecule has 0 unspecified atom stereocenters. The SMILES string of the molecule is Cc1ccc(NC(=O)C(C)C)cc1C1CCN(Cc2ccc(S(=O)(=O)c3ccccc3)cc2)CC1. The Hall–Kier alpha value is -2.96. The largest absolute Gasteiger partial charge is 0.326 e. The lowest BCUT2D eigenvalue weighted by Crippen LogP contribution is -2.32. The number of aryl methyl sites for hydroxylation is 1. The van der Waals surface area contributed by atoms with Crippen molar-refractivity contribution in [3.8, 4) is 0 Å². The number of carbonyl (C=O) groups is 1. The van der Waals surface area contributed by atoms with E-state index in [1.54, 1.807) is 36.4 Å². The number of piperidine rings is 1. The van der Waals surface area contributed by atoms with Gasteiger partial charge in [-0.05, 0) is 91.9 Å². The second-order valence-corrected chi connectivity index (χ2v) is 11.7. The topological polar surface area (TPSA) is 66.5 Å². The fourth-order valence-corrected chi connectivity index (χ4v) is 5.90. The predicted octanol–water partition coefficient (Wildman–Crippen LogP) is 5.80. The van der Waals surface area contributed by atoms with Crippen molar-refractivity contribution in [1.82, 2.24) is 4.90 Å². The molecule has 1 N–H and O–H groups in total. The van der Waals surface area contributed by atoms with Crippen molar-refractivity contribution in [2.24, 2.45) is 5.92 Å². The summed E-state index contributed by atoms with van der Waals surface area (Å²) in [4.78, 5) is 15.2. The number of likely N-dealkylation sites (tertiary alicyclic amines) is 1. The number of hydrogen-bond acceptors (Lipinski definition) is 4. The van der Waals surface area contributed by atoms with E-state index in [1.807, 2.05) is 38.1 Å². The van der Waals surface area contributed by atoms with Crippen LogP contribution in [0.5, 0.6) is 0 Å². The first-order valence-electron chi connectivity index (χ1n) is 12.3. The van der Waals surface area contributed by atoms with Crippen molar-refractivity contribution >= 4 is 21.4 Å². The van der Waals surface area contributed by atoms with Gasteiger partial charge < -0.3 is 5.32 Å². The van der Waals surface area contributed by atoms with E-state index >= 15 is 0 Å². The van der Waals surface area contributed by atoms with Crippen molar-refractivity contribution in [2.75, 3.05) is 18.4 Å². The van der Waals surface area contributed by atoms with Gasteiger partial charge in [0, 0.05) is 18.2 Å². The van der Waals surface area contributed by atoms with E-state index < -0.39 is 9.84 Å². The van der Waals surface area contributed by atoms with Crippen LogP contribution in [-0.2, 0) is 21.2 Å². The molecule has 1 fully saturated rings. The summed E-state index contributed by atoms with van der Waals surface area (Å²) >= 11 is 0. The fourth-order valence-electron chi connectivity index (χ4n) is 4.61. The first kappa shape index (κ1) is 25.1. The number of benzene rings is 3. The van der Waals surface area contributed by atoms with Crippen LogP contribution in [0.3, 0.4) is 0 Å². The van der Waals surface area contributed by atoms with E-state index in [9.17, 15) is 13.2 Å². The zero-order valence-corrected chi connectivity index (χ0v) is 21.5. The summed E-state index contributed by atoms with van der Waals surface area (Å²) < 4.78 is 25.6. The molecule has 1 amide bonds. The van der Waals surface area contributed by atoms with E-state index in [0.717, 1.165) is 43.7 Å². The first-order chi connectivity index (χ1) is 16.7. The zero-order chi connectivity index (χ0) is 25.0. The third-order valence-electron chi connectivity index (χ3n) is 6.79. The number of anilines is 1. The highest BCUT2D eigenvalue weighted by molar-refractivity contribution is 7.91. The van der Waals surface area contributed by atoms with Gasteiger partial charge in [0.25, 0.3) is 0 Å². The molecule has 0 aromatic heterocycles. The molecule has 0 spiro atoms. The Bertz CT molecular complexity index is 1260. The number of amides is 1. The Balaban J connectivity index is 1.36. The number of carbonyl (C=O) groups excluding carboxylic acids is 1. The second-order valence-electron chi connectivity index (χ2n) is 9.73. The minimum atomic E-state index is -3.49. The van der Waals surface area contributed by atoms with Gasteiger partial charge in [-0.1, -0.05) is 50.2 Å². The van der Waals surface area contributed by atoms with Crippen LogP contribution in [0, 0.1) is 12.8 Å². The Morgan fingerprint density at radius 1 is 0.943 bits per heavy atom. The molecule has 5 nitrogen and oxygen atoms in total. The lowest BCUT2D eigenvalue weighted by atomic mass is 9.86. The van der Waals surface area contributed by atoms with Gasteiger partial charge in [0.05, 0.1) is 9.79 Å². The molecule has 0 radical (unpaired) electrons. The van der Waals surface area contributed by atoms with Crippen LogP contribution in [0.15, 0.2) is 82.6 Å². The maximum Gasteiger partial charge on any atom is 0.226 e. The molecular weight excluding hydrogens is 456 g/mol. The normalized spacial score (nSPS) is 15.3. The van der Waals surface area contributed by atoms with Gasteiger partial charge in [-0.15, -0.1) is 0 Å². The molecule has 3 aromatic carbocycles. The molecular formula is C29H34N2O3S. The molecule has 1 aliphatic heterocycles. The Morgan fingerprint density at radius 2 is 1.57 bits per heavy atom. The predicted molar refractivity (Wildman–Crippen MR) is 140 cm³/mol. The van der Waals surface area contributed by atoms with Crippen molar-refractivity contribution in [3.05, 3.63) is 89.5 Å². The summed E-state index contributed by atoms with van der Waals surface area (Å²) in [6.07, 6.45) is 2.12. The zero-order valence-electron chi connectivity index (χ0n) is 20.7. The fraction of sp³-hybridized carbons (Fsp3) is 0.345. The summed E-state index contributed by atoms with van der Waals surface area (Å²) in [6, 6.07) is 22.0. The molecule has 0 aliphatic carbocycles. The molecule has 4 rings (SSSR count). The highest BCUT2D eigenvalue weighted by Gasteiger charge is 2.23. The molecule has 1 saturated heterocycles. The van der Waals surface area contributed by atoms with Crippen molar-refractivity contribution in [1.29, 1.82) is 0 Å². The molecule has 35 heavy (non-hydrogen) atoms. The smallest absolute Gasteiger partial charge is 0.226 e. The number of rotatable bonds is 7. The van der Waals surface area contributed by atoms with Gasteiger partial charge in [-0.2, -0.15) is 0 Å². The van der Waals surface area contributed by atoms with Crippen LogP contribution < -0.4 is 5.32 Å². The number of nitrogens with one attached hydrogen (secondary N) is 1. The van der Waals surface area contributed by atoms with Crippen molar-refractivity contribution < 1.29 is 13.2 Å².